The SMILES string of the molecule is O=C(N/N=C\c1ccc(O)cc1)c1ccc(NC(=O)c2ccc(Cl)cc2Cl)cc1. The molecule has 0 spiro atoms. The van der Waals surface area contributed by atoms with Crippen LogP contribution in [0.2, 0.25) is 10.0 Å². The summed E-state index contributed by atoms with van der Waals surface area (Å²) in [6, 6.07) is 17.3. The molecule has 0 saturated carbocycles. The lowest BCUT2D eigenvalue weighted by Gasteiger charge is -2.08. The molecule has 2 amide bonds. The van der Waals surface area contributed by atoms with Gasteiger partial charge in [-0.05, 0) is 72.3 Å². The van der Waals surface area contributed by atoms with Gasteiger partial charge in [0.1, 0.15) is 5.75 Å². The van der Waals surface area contributed by atoms with Gasteiger partial charge in [0.15, 0.2) is 0 Å². The number of carbonyl (C=O) groups excluding carboxylic acids is 2. The van der Waals surface area contributed by atoms with Crippen LogP contribution in [-0.2, 0) is 0 Å². The highest BCUT2D eigenvalue weighted by Gasteiger charge is 2.11. The van der Waals surface area contributed by atoms with Crippen molar-refractivity contribution in [3.05, 3.63) is 93.5 Å². The summed E-state index contributed by atoms with van der Waals surface area (Å²) in [6.07, 6.45) is 1.46. The molecule has 3 aromatic rings. The molecule has 29 heavy (non-hydrogen) atoms. The second-order valence-electron chi connectivity index (χ2n) is 5.95. The first kappa shape index (κ1) is 20.4. The zero-order chi connectivity index (χ0) is 20.8. The Bertz CT molecular complexity index is 1070. The number of phenolic OH excluding ortho intramolecular Hbond substituents is 1. The molecule has 0 atom stereocenters. The third-order valence-corrected chi connectivity index (χ3v) is 4.40. The molecular formula is C21H15Cl2N3O3. The quantitative estimate of drug-likeness (QED) is 0.406. The Morgan fingerprint density at radius 1 is 0.897 bits per heavy atom. The van der Waals surface area contributed by atoms with Gasteiger partial charge in [-0.2, -0.15) is 5.10 Å². The van der Waals surface area contributed by atoms with Gasteiger partial charge in [0.2, 0.25) is 0 Å². The molecule has 0 aromatic heterocycles. The van der Waals surface area contributed by atoms with Gasteiger partial charge in [-0.25, -0.2) is 5.43 Å². The number of phenols is 1. The molecule has 146 valence electrons. The predicted molar refractivity (Wildman–Crippen MR) is 114 cm³/mol. The van der Waals surface area contributed by atoms with Crippen LogP contribution in [0.15, 0.2) is 71.8 Å². The molecule has 0 aliphatic rings. The fourth-order valence-corrected chi connectivity index (χ4v) is 2.86. The molecule has 0 fully saturated rings. The minimum absolute atomic E-state index is 0.150. The number of halogens is 2. The fourth-order valence-electron chi connectivity index (χ4n) is 2.37. The Morgan fingerprint density at radius 2 is 1.59 bits per heavy atom. The Balaban J connectivity index is 1.59. The second kappa shape index (κ2) is 9.23. The third-order valence-electron chi connectivity index (χ3n) is 3.85. The molecule has 6 nitrogen and oxygen atoms in total. The summed E-state index contributed by atoms with van der Waals surface area (Å²) >= 11 is 11.9. The van der Waals surface area contributed by atoms with Gasteiger partial charge in [-0.15, -0.1) is 0 Å². The number of anilines is 1. The summed E-state index contributed by atoms with van der Waals surface area (Å²) in [6.45, 7) is 0. The minimum Gasteiger partial charge on any atom is -0.508 e. The summed E-state index contributed by atoms with van der Waals surface area (Å²) in [5, 5.41) is 16.5. The maximum Gasteiger partial charge on any atom is 0.271 e. The van der Waals surface area contributed by atoms with Crippen molar-refractivity contribution < 1.29 is 14.7 Å². The zero-order valence-electron chi connectivity index (χ0n) is 14.9. The molecule has 3 aromatic carbocycles. The van der Waals surface area contributed by atoms with E-state index in [4.69, 9.17) is 23.2 Å². The van der Waals surface area contributed by atoms with E-state index in [1.807, 2.05) is 0 Å². The average molecular weight is 428 g/mol. The zero-order valence-corrected chi connectivity index (χ0v) is 16.4. The number of benzene rings is 3. The number of hydrogen-bond acceptors (Lipinski definition) is 4. The number of carbonyl (C=O) groups is 2. The van der Waals surface area contributed by atoms with Gasteiger partial charge in [0.05, 0.1) is 16.8 Å². The van der Waals surface area contributed by atoms with Crippen LogP contribution in [-0.4, -0.2) is 23.1 Å². The van der Waals surface area contributed by atoms with Gasteiger partial charge in [-0.3, -0.25) is 9.59 Å². The summed E-state index contributed by atoms with van der Waals surface area (Å²) in [5.74, 6) is -0.641. The van der Waals surface area contributed by atoms with Crippen molar-refractivity contribution in [1.82, 2.24) is 5.43 Å². The van der Waals surface area contributed by atoms with Crippen molar-refractivity contribution in [2.24, 2.45) is 5.10 Å². The lowest BCUT2D eigenvalue weighted by molar-refractivity contribution is 0.0954. The van der Waals surface area contributed by atoms with Gasteiger partial charge < -0.3 is 10.4 Å². The molecule has 0 unspecified atom stereocenters. The van der Waals surface area contributed by atoms with E-state index in [0.717, 1.165) is 5.56 Å². The Kier molecular flexibility index (Phi) is 6.49. The number of amides is 2. The normalized spacial score (nSPS) is 10.7. The van der Waals surface area contributed by atoms with Crippen LogP contribution < -0.4 is 10.7 Å². The van der Waals surface area contributed by atoms with E-state index in [-0.39, 0.29) is 16.7 Å². The highest BCUT2D eigenvalue weighted by Crippen LogP contribution is 2.22. The van der Waals surface area contributed by atoms with E-state index in [1.54, 1.807) is 42.5 Å². The number of hydrogen-bond donors (Lipinski definition) is 3. The smallest absolute Gasteiger partial charge is 0.271 e. The molecule has 0 bridgehead atoms. The largest absolute Gasteiger partial charge is 0.508 e. The molecule has 8 heteroatoms. The van der Waals surface area contributed by atoms with Crippen molar-refractivity contribution >= 4 is 46.9 Å². The van der Waals surface area contributed by atoms with E-state index in [9.17, 15) is 14.7 Å². The van der Waals surface area contributed by atoms with Crippen LogP contribution in [0.1, 0.15) is 26.3 Å². The van der Waals surface area contributed by atoms with Crippen molar-refractivity contribution in [1.29, 1.82) is 0 Å². The lowest BCUT2D eigenvalue weighted by atomic mass is 10.1. The number of hydrazone groups is 1. The first-order valence-electron chi connectivity index (χ1n) is 8.41. The number of nitrogens with zero attached hydrogens (tertiary/aromatic N) is 1. The molecule has 0 heterocycles. The molecule has 0 saturated heterocycles. The highest BCUT2D eigenvalue weighted by atomic mass is 35.5. The van der Waals surface area contributed by atoms with E-state index in [1.165, 1.54) is 30.5 Å². The Hall–Kier alpha value is -3.35. The highest BCUT2D eigenvalue weighted by molar-refractivity contribution is 6.37. The van der Waals surface area contributed by atoms with Crippen LogP contribution in [0.3, 0.4) is 0 Å². The Morgan fingerprint density at radius 3 is 2.24 bits per heavy atom. The van der Waals surface area contributed by atoms with Crippen LogP contribution in [0.5, 0.6) is 5.75 Å². The molecule has 3 N–H and O–H groups in total. The first-order chi connectivity index (χ1) is 13.9. The predicted octanol–water partition coefficient (Wildman–Crippen LogP) is 4.72. The average Bonchev–Trinajstić information content (AvgIpc) is 2.70. The maximum atomic E-state index is 12.3. The van der Waals surface area contributed by atoms with Crippen molar-refractivity contribution in [3.8, 4) is 5.75 Å². The standard InChI is InChI=1S/C21H15Cl2N3O3/c22-15-5-10-18(19(23)11-15)21(29)25-16-6-3-14(4-7-16)20(28)26-24-12-13-1-8-17(27)9-2-13/h1-12,27H,(H,25,29)(H,26,28)/b24-12-. The summed E-state index contributed by atoms with van der Waals surface area (Å²) in [7, 11) is 0. The van der Waals surface area contributed by atoms with Gasteiger partial charge in [0, 0.05) is 16.3 Å². The second-order valence-corrected chi connectivity index (χ2v) is 6.79. The number of aromatic hydroxyl groups is 1. The topological polar surface area (TPSA) is 90.8 Å². The van der Waals surface area contributed by atoms with E-state index in [0.29, 0.717) is 21.8 Å². The van der Waals surface area contributed by atoms with Crippen molar-refractivity contribution in [2.45, 2.75) is 0 Å². The number of nitrogens with one attached hydrogen (secondary N) is 2. The van der Waals surface area contributed by atoms with Crippen LogP contribution in [0, 0.1) is 0 Å². The monoisotopic (exact) mass is 427 g/mol. The molecule has 0 radical (unpaired) electrons. The Labute approximate surface area is 176 Å². The lowest BCUT2D eigenvalue weighted by Crippen LogP contribution is -2.18. The number of rotatable bonds is 5. The fraction of sp³-hybridized carbons (Fsp3) is 0. The van der Waals surface area contributed by atoms with Crippen LogP contribution in [0.25, 0.3) is 0 Å². The minimum atomic E-state index is -0.404. The molecule has 0 aliphatic carbocycles. The molecule has 3 rings (SSSR count). The third kappa shape index (κ3) is 5.57. The van der Waals surface area contributed by atoms with Crippen molar-refractivity contribution in [2.75, 3.05) is 5.32 Å². The van der Waals surface area contributed by atoms with E-state index >= 15 is 0 Å². The van der Waals surface area contributed by atoms with Crippen LogP contribution in [0.4, 0.5) is 5.69 Å². The first-order valence-corrected chi connectivity index (χ1v) is 9.17. The summed E-state index contributed by atoms with van der Waals surface area (Å²) < 4.78 is 0. The van der Waals surface area contributed by atoms with E-state index < -0.39 is 5.91 Å². The van der Waals surface area contributed by atoms with Crippen LogP contribution >= 0.6 is 23.2 Å². The molecule has 0 aliphatic heterocycles. The summed E-state index contributed by atoms with van der Waals surface area (Å²) in [4.78, 5) is 24.4. The molecular weight excluding hydrogens is 413 g/mol. The maximum absolute atomic E-state index is 12.3. The van der Waals surface area contributed by atoms with Gasteiger partial charge in [0.25, 0.3) is 11.8 Å². The summed E-state index contributed by atoms with van der Waals surface area (Å²) in [5.41, 5.74) is 4.30. The van der Waals surface area contributed by atoms with Gasteiger partial charge >= 0.3 is 0 Å². The van der Waals surface area contributed by atoms with E-state index in [2.05, 4.69) is 15.8 Å². The van der Waals surface area contributed by atoms with Gasteiger partial charge in [-0.1, -0.05) is 23.2 Å². The van der Waals surface area contributed by atoms with Crippen molar-refractivity contribution in [3.63, 3.8) is 0 Å².